The van der Waals surface area contributed by atoms with Crippen molar-refractivity contribution < 1.29 is 4.79 Å². The molecule has 4 nitrogen and oxygen atoms in total. The Labute approximate surface area is 176 Å². The van der Waals surface area contributed by atoms with Gasteiger partial charge >= 0.3 is 0 Å². The van der Waals surface area contributed by atoms with Gasteiger partial charge in [0.2, 0.25) is 0 Å². The van der Waals surface area contributed by atoms with Crippen LogP contribution in [0.15, 0.2) is 55.0 Å². The second kappa shape index (κ2) is 8.34. The molecule has 0 bridgehead atoms. The number of amides is 1. The minimum atomic E-state index is 0.0597. The minimum Gasteiger partial charge on any atom is -0.339 e. The number of aryl methyl sites for hydroxylation is 1. The van der Waals surface area contributed by atoms with Gasteiger partial charge in [0.1, 0.15) is 0 Å². The highest BCUT2D eigenvalue weighted by atomic mass is 35.5. The molecule has 0 saturated carbocycles. The van der Waals surface area contributed by atoms with Crippen molar-refractivity contribution in [3.8, 4) is 22.3 Å². The quantitative estimate of drug-likeness (QED) is 0.566. The van der Waals surface area contributed by atoms with Crippen LogP contribution in [-0.4, -0.2) is 33.9 Å². The Balaban J connectivity index is 1.60. The highest BCUT2D eigenvalue weighted by Crippen LogP contribution is 2.32. The number of halogens is 1. The first kappa shape index (κ1) is 19.6. The van der Waals surface area contributed by atoms with E-state index >= 15 is 0 Å². The fourth-order valence-corrected chi connectivity index (χ4v) is 4.04. The molecule has 0 radical (unpaired) electrons. The molecule has 1 aliphatic rings. The first-order valence-electron chi connectivity index (χ1n) is 9.98. The Hall–Kier alpha value is -2.72. The molecule has 0 N–H and O–H groups in total. The van der Waals surface area contributed by atoms with E-state index in [0.29, 0.717) is 16.5 Å². The number of aromatic nitrogens is 2. The summed E-state index contributed by atoms with van der Waals surface area (Å²) in [7, 11) is 0. The third kappa shape index (κ3) is 4.33. The zero-order valence-electron chi connectivity index (χ0n) is 16.7. The van der Waals surface area contributed by atoms with Crippen molar-refractivity contribution >= 4 is 17.5 Å². The average molecular weight is 406 g/mol. The van der Waals surface area contributed by atoms with Crippen LogP contribution in [-0.2, 0) is 0 Å². The van der Waals surface area contributed by atoms with Crippen molar-refractivity contribution in [1.82, 2.24) is 14.9 Å². The van der Waals surface area contributed by atoms with E-state index in [4.69, 9.17) is 11.6 Å². The van der Waals surface area contributed by atoms with Crippen molar-refractivity contribution in [2.75, 3.05) is 13.1 Å². The first-order chi connectivity index (χ1) is 14.0. The summed E-state index contributed by atoms with van der Waals surface area (Å²) in [5.74, 6) is 0.749. The average Bonchev–Trinajstić information content (AvgIpc) is 2.74. The standard InChI is InChI=1S/C24H24ClN3O/c1-16-6-9-28(10-7-16)24(29)19-3-4-22(23(25)13-19)21-12-20(14-26-15-21)18-5-8-27-17(2)11-18/h3-5,8,11-16H,6-7,9-10H2,1-2H3. The predicted molar refractivity (Wildman–Crippen MR) is 117 cm³/mol. The van der Waals surface area contributed by atoms with Gasteiger partial charge in [-0.25, -0.2) is 0 Å². The Bertz CT molecular complexity index is 1040. The molecule has 29 heavy (non-hydrogen) atoms. The number of hydrogen-bond donors (Lipinski definition) is 0. The van der Waals surface area contributed by atoms with Crippen LogP contribution in [0.2, 0.25) is 5.02 Å². The molecule has 3 heterocycles. The molecule has 1 aliphatic heterocycles. The number of carbonyl (C=O) groups excluding carboxylic acids is 1. The number of pyridine rings is 2. The molecule has 1 aromatic carbocycles. The maximum Gasteiger partial charge on any atom is 0.253 e. The Morgan fingerprint density at radius 2 is 1.79 bits per heavy atom. The summed E-state index contributed by atoms with van der Waals surface area (Å²) in [5.41, 5.74) is 5.47. The fraction of sp³-hybridized carbons (Fsp3) is 0.292. The molecule has 148 valence electrons. The molecule has 4 rings (SSSR count). The van der Waals surface area contributed by atoms with E-state index in [9.17, 15) is 4.79 Å². The molecule has 1 saturated heterocycles. The van der Waals surface area contributed by atoms with Gasteiger partial charge in [0.15, 0.2) is 0 Å². The molecular formula is C24H24ClN3O. The fourth-order valence-electron chi connectivity index (χ4n) is 3.75. The van der Waals surface area contributed by atoms with Crippen LogP contribution in [0.25, 0.3) is 22.3 Å². The Morgan fingerprint density at radius 1 is 1.03 bits per heavy atom. The predicted octanol–water partition coefficient (Wildman–Crippen LogP) is 5.64. The molecule has 5 heteroatoms. The Kier molecular flexibility index (Phi) is 5.63. The largest absolute Gasteiger partial charge is 0.339 e. The second-order valence-corrected chi connectivity index (χ2v) is 8.22. The van der Waals surface area contributed by atoms with Gasteiger partial charge in [-0.3, -0.25) is 14.8 Å². The molecule has 2 aromatic heterocycles. The molecule has 0 unspecified atom stereocenters. The topological polar surface area (TPSA) is 46.1 Å². The van der Waals surface area contributed by atoms with E-state index in [2.05, 4.69) is 23.0 Å². The summed E-state index contributed by atoms with van der Waals surface area (Å²) in [6, 6.07) is 11.6. The lowest BCUT2D eigenvalue weighted by Gasteiger charge is -2.30. The summed E-state index contributed by atoms with van der Waals surface area (Å²) in [4.78, 5) is 23.4. The number of nitrogens with zero attached hydrogens (tertiary/aromatic N) is 3. The maximum absolute atomic E-state index is 12.8. The highest BCUT2D eigenvalue weighted by Gasteiger charge is 2.22. The normalized spacial score (nSPS) is 14.8. The number of benzene rings is 1. The molecule has 1 fully saturated rings. The number of likely N-dealkylation sites (tertiary alicyclic amines) is 1. The van der Waals surface area contributed by atoms with Crippen LogP contribution >= 0.6 is 11.6 Å². The summed E-state index contributed by atoms with van der Waals surface area (Å²) in [6.45, 7) is 5.84. The number of carbonyl (C=O) groups is 1. The van der Waals surface area contributed by atoms with Crippen molar-refractivity contribution in [3.63, 3.8) is 0 Å². The van der Waals surface area contributed by atoms with E-state index in [1.54, 1.807) is 18.5 Å². The summed E-state index contributed by atoms with van der Waals surface area (Å²) < 4.78 is 0. The van der Waals surface area contributed by atoms with Crippen LogP contribution < -0.4 is 0 Å². The van der Waals surface area contributed by atoms with Gasteiger partial charge in [0.25, 0.3) is 5.91 Å². The van der Waals surface area contributed by atoms with Gasteiger partial charge in [0, 0.05) is 64.7 Å². The minimum absolute atomic E-state index is 0.0597. The van der Waals surface area contributed by atoms with Crippen LogP contribution in [0.3, 0.4) is 0 Å². The summed E-state index contributed by atoms with van der Waals surface area (Å²) in [5, 5.41) is 0.561. The van der Waals surface area contributed by atoms with Crippen molar-refractivity contribution in [1.29, 1.82) is 0 Å². The van der Waals surface area contributed by atoms with Gasteiger partial charge in [-0.2, -0.15) is 0 Å². The van der Waals surface area contributed by atoms with E-state index < -0.39 is 0 Å². The Morgan fingerprint density at radius 3 is 2.52 bits per heavy atom. The molecule has 3 aromatic rings. The van der Waals surface area contributed by atoms with E-state index in [1.165, 1.54) is 0 Å². The molecule has 0 aliphatic carbocycles. The van der Waals surface area contributed by atoms with Crippen LogP contribution in [0.4, 0.5) is 0 Å². The third-order valence-corrected chi connectivity index (χ3v) is 5.88. The van der Waals surface area contributed by atoms with Crippen molar-refractivity contribution in [2.45, 2.75) is 26.7 Å². The van der Waals surface area contributed by atoms with Gasteiger partial charge in [0.05, 0.1) is 0 Å². The molecule has 1 amide bonds. The van der Waals surface area contributed by atoms with E-state index in [0.717, 1.165) is 53.9 Å². The monoisotopic (exact) mass is 405 g/mol. The summed E-state index contributed by atoms with van der Waals surface area (Å²) in [6.07, 6.45) is 7.55. The molecule has 0 spiro atoms. The van der Waals surface area contributed by atoms with Gasteiger partial charge in [-0.05, 0) is 61.6 Å². The van der Waals surface area contributed by atoms with Gasteiger partial charge < -0.3 is 4.90 Å². The number of rotatable bonds is 3. The van der Waals surface area contributed by atoms with Gasteiger partial charge in [-0.15, -0.1) is 0 Å². The van der Waals surface area contributed by atoms with Crippen molar-refractivity contribution in [3.05, 3.63) is 71.3 Å². The summed E-state index contributed by atoms with van der Waals surface area (Å²) >= 11 is 6.59. The number of piperidine rings is 1. The molecular weight excluding hydrogens is 382 g/mol. The second-order valence-electron chi connectivity index (χ2n) is 7.82. The highest BCUT2D eigenvalue weighted by molar-refractivity contribution is 6.33. The third-order valence-electron chi connectivity index (χ3n) is 5.57. The lowest BCUT2D eigenvalue weighted by Crippen LogP contribution is -2.37. The smallest absolute Gasteiger partial charge is 0.253 e. The molecule has 0 atom stereocenters. The lowest BCUT2D eigenvalue weighted by atomic mass is 9.98. The maximum atomic E-state index is 12.8. The van der Waals surface area contributed by atoms with Gasteiger partial charge in [-0.1, -0.05) is 24.6 Å². The van der Waals surface area contributed by atoms with E-state index in [-0.39, 0.29) is 5.91 Å². The SMILES string of the molecule is Cc1cc(-c2cncc(-c3ccc(C(=O)N4CCC(C)CC4)cc3Cl)c2)ccn1. The van der Waals surface area contributed by atoms with Crippen LogP contribution in [0, 0.1) is 12.8 Å². The first-order valence-corrected chi connectivity index (χ1v) is 10.4. The van der Waals surface area contributed by atoms with Crippen LogP contribution in [0.5, 0.6) is 0 Å². The van der Waals surface area contributed by atoms with Crippen LogP contribution in [0.1, 0.15) is 35.8 Å². The van der Waals surface area contributed by atoms with E-state index in [1.807, 2.05) is 42.3 Å². The zero-order valence-corrected chi connectivity index (χ0v) is 17.5. The number of hydrogen-bond acceptors (Lipinski definition) is 3. The lowest BCUT2D eigenvalue weighted by molar-refractivity contribution is 0.0697. The zero-order chi connectivity index (χ0) is 20.4. The van der Waals surface area contributed by atoms with Crippen molar-refractivity contribution in [2.24, 2.45) is 5.92 Å².